The van der Waals surface area contributed by atoms with Crippen molar-refractivity contribution in [2.75, 3.05) is 0 Å². The third-order valence-electron chi connectivity index (χ3n) is 6.69. The molecule has 9 nitrogen and oxygen atoms in total. The van der Waals surface area contributed by atoms with Gasteiger partial charge in [-0.1, -0.05) is 36.4 Å². The summed E-state index contributed by atoms with van der Waals surface area (Å²) in [5.74, 6) is -0.306. The van der Waals surface area contributed by atoms with E-state index in [9.17, 15) is 9.59 Å². The molecule has 9 heteroatoms. The van der Waals surface area contributed by atoms with E-state index < -0.39 is 6.04 Å². The van der Waals surface area contributed by atoms with Gasteiger partial charge in [0.2, 0.25) is 0 Å². The second kappa shape index (κ2) is 9.11. The van der Waals surface area contributed by atoms with E-state index in [4.69, 9.17) is 0 Å². The van der Waals surface area contributed by atoms with Gasteiger partial charge in [0.05, 0.1) is 23.3 Å². The summed E-state index contributed by atoms with van der Waals surface area (Å²) in [4.78, 5) is 32.0. The molecule has 0 unspecified atom stereocenters. The molecule has 6 rings (SSSR count). The van der Waals surface area contributed by atoms with Crippen LogP contribution in [0.4, 0.5) is 0 Å². The SMILES string of the molecule is Cc1nn2cccnc2c1C(=O)N[C@@H](C)c1cc2cccc(-c3cnn(C)c3)c2c(=O)n1-c1ccccc1. The van der Waals surface area contributed by atoms with Crippen molar-refractivity contribution < 1.29 is 4.79 Å². The Morgan fingerprint density at radius 1 is 1.05 bits per heavy atom. The van der Waals surface area contributed by atoms with Crippen molar-refractivity contribution in [2.45, 2.75) is 19.9 Å². The maximum absolute atomic E-state index is 14.2. The Morgan fingerprint density at radius 2 is 1.87 bits per heavy atom. The zero-order valence-electron chi connectivity index (χ0n) is 21.2. The molecule has 1 atom stereocenters. The highest BCUT2D eigenvalue weighted by Gasteiger charge is 2.23. The van der Waals surface area contributed by atoms with E-state index >= 15 is 0 Å². The van der Waals surface area contributed by atoms with Crippen molar-refractivity contribution >= 4 is 22.3 Å². The first-order valence-electron chi connectivity index (χ1n) is 12.3. The molecule has 188 valence electrons. The average Bonchev–Trinajstić information content (AvgIpc) is 3.50. The van der Waals surface area contributed by atoms with Gasteiger partial charge in [-0.25, -0.2) is 9.50 Å². The topological polar surface area (TPSA) is 99.1 Å². The Balaban J connectivity index is 1.51. The fraction of sp³-hybridized carbons (Fsp3) is 0.138. The summed E-state index contributed by atoms with van der Waals surface area (Å²) < 4.78 is 4.98. The number of benzene rings is 2. The van der Waals surface area contributed by atoms with Crippen LogP contribution in [0.2, 0.25) is 0 Å². The second-order valence-corrected chi connectivity index (χ2v) is 9.26. The van der Waals surface area contributed by atoms with Crippen molar-refractivity contribution in [3.63, 3.8) is 0 Å². The van der Waals surface area contributed by atoms with Gasteiger partial charge in [-0.15, -0.1) is 0 Å². The first-order chi connectivity index (χ1) is 18.4. The van der Waals surface area contributed by atoms with Crippen LogP contribution >= 0.6 is 0 Å². The predicted molar refractivity (Wildman–Crippen MR) is 145 cm³/mol. The van der Waals surface area contributed by atoms with Crippen molar-refractivity contribution in [1.29, 1.82) is 0 Å². The number of nitrogens with one attached hydrogen (secondary N) is 1. The number of hydrogen-bond acceptors (Lipinski definition) is 5. The lowest BCUT2D eigenvalue weighted by atomic mass is 9.99. The quantitative estimate of drug-likeness (QED) is 0.380. The van der Waals surface area contributed by atoms with E-state index in [-0.39, 0.29) is 11.5 Å². The van der Waals surface area contributed by atoms with Crippen molar-refractivity contribution in [3.8, 4) is 16.8 Å². The molecule has 0 aliphatic carbocycles. The summed E-state index contributed by atoms with van der Waals surface area (Å²) in [5, 5.41) is 13.2. The molecule has 2 aromatic carbocycles. The smallest absolute Gasteiger partial charge is 0.263 e. The zero-order chi connectivity index (χ0) is 26.4. The number of amides is 1. The zero-order valence-corrected chi connectivity index (χ0v) is 21.2. The molecule has 6 aromatic rings. The van der Waals surface area contributed by atoms with Gasteiger partial charge < -0.3 is 5.32 Å². The van der Waals surface area contributed by atoms with Crippen LogP contribution in [0.15, 0.2) is 90.2 Å². The molecular formula is C29H25N7O2. The van der Waals surface area contributed by atoms with Crippen LogP contribution in [-0.2, 0) is 7.05 Å². The highest BCUT2D eigenvalue weighted by Crippen LogP contribution is 2.29. The fourth-order valence-electron chi connectivity index (χ4n) is 4.95. The number of carbonyl (C=O) groups excluding carboxylic acids is 1. The summed E-state index contributed by atoms with van der Waals surface area (Å²) in [6.07, 6.45) is 7.04. The summed E-state index contributed by atoms with van der Waals surface area (Å²) in [7, 11) is 1.85. The summed E-state index contributed by atoms with van der Waals surface area (Å²) in [5.41, 5.74) is 4.34. The molecule has 38 heavy (non-hydrogen) atoms. The van der Waals surface area contributed by atoms with Crippen LogP contribution in [0.1, 0.15) is 34.7 Å². The molecule has 0 aliphatic rings. The molecule has 1 N–H and O–H groups in total. The molecule has 0 saturated heterocycles. The van der Waals surface area contributed by atoms with Gasteiger partial charge in [-0.3, -0.25) is 18.8 Å². The lowest BCUT2D eigenvalue weighted by Crippen LogP contribution is -2.32. The predicted octanol–water partition coefficient (Wildman–Crippen LogP) is 4.23. The molecule has 4 heterocycles. The van der Waals surface area contributed by atoms with E-state index in [0.717, 1.165) is 16.5 Å². The minimum atomic E-state index is -0.500. The minimum absolute atomic E-state index is 0.168. The minimum Gasteiger partial charge on any atom is -0.344 e. The Morgan fingerprint density at radius 3 is 2.63 bits per heavy atom. The molecule has 0 spiro atoms. The lowest BCUT2D eigenvalue weighted by Gasteiger charge is -2.21. The largest absolute Gasteiger partial charge is 0.344 e. The van der Waals surface area contributed by atoms with Gasteiger partial charge in [0.15, 0.2) is 5.65 Å². The van der Waals surface area contributed by atoms with Gasteiger partial charge in [0.25, 0.3) is 11.5 Å². The number of aryl methyl sites for hydroxylation is 2. The van der Waals surface area contributed by atoms with Crippen molar-refractivity contribution in [3.05, 3.63) is 113 Å². The van der Waals surface area contributed by atoms with Crippen LogP contribution in [0, 0.1) is 6.92 Å². The number of pyridine rings is 1. The third-order valence-corrected chi connectivity index (χ3v) is 6.69. The second-order valence-electron chi connectivity index (χ2n) is 9.26. The number of hydrogen-bond donors (Lipinski definition) is 1. The molecule has 0 bridgehead atoms. The molecule has 0 saturated carbocycles. The highest BCUT2D eigenvalue weighted by molar-refractivity contribution is 6.01. The van der Waals surface area contributed by atoms with Crippen molar-refractivity contribution in [1.82, 2.24) is 34.3 Å². The normalized spacial score (nSPS) is 12.2. The van der Waals surface area contributed by atoms with Gasteiger partial charge in [0, 0.05) is 42.6 Å². The first-order valence-corrected chi connectivity index (χ1v) is 12.3. The Bertz CT molecular complexity index is 1880. The molecule has 1 amide bonds. The maximum atomic E-state index is 14.2. The number of rotatable bonds is 5. The van der Waals surface area contributed by atoms with Gasteiger partial charge >= 0.3 is 0 Å². The van der Waals surface area contributed by atoms with E-state index in [0.29, 0.717) is 33.7 Å². The van der Waals surface area contributed by atoms with Crippen LogP contribution in [-0.4, -0.2) is 34.9 Å². The third kappa shape index (κ3) is 3.85. The van der Waals surface area contributed by atoms with Crippen LogP contribution < -0.4 is 10.9 Å². The van der Waals surface area contributed by atoms with E-state index in [1.54, 1.807) is 45.3 Å². The number of para-hydroxylation sites is 1. The number of aromatic nitrogens is 6. The van der Waals surface area contributed by atoms with Gasteiger partial charge in [0.1, 0.15) is 5.56 Å². The maximum Gasteiger partial charge on any atom is 0.263 e. The Labute approximate surface area is 218 Å². The fourth-order valence-corrected chi connectivity index (χ4v) is 4.95. The summed E-state index contributed by atoms with van der Waals surface area (Å²) in [6, 6.07) is 18.5. The van der Waals surface area contributed by atoms with Crippen LogP contribution in [0.25, 0.3) is 33.2 Å². The van der Waals surface area contributed by atoms with Crippen LogP contribution in [0.5, 0.6) is 0 Å². The Kier molecular flexibility index (Phi) is 5.60. The highest BCUT2D eigenvalue weighted by atomic mass is 16.2. The lowest BCUT2D eigenvalue weighted by molar-refractivity contribution is 0.0939. The van der Waals surface area contributed by atoms with E-state index in [1.165, 1.54) is 0 Å². The Hall–Kier alpha value is -5.05. The van der Waals surface area contributed by atoms with Crippen molar-refractivity contribution in [2.24, 2.45) is 7.05 Å². The standard InChI is InChI=1S/C29H25N7O2/c1-18(32-28(37)25-19(2)33-35-14-8-13-30-27(25)35)24-15-20-9-7-12-23(21-16-31-34(3)17-21)26(20)29(38)36(24)22-10-5-4-6-11-22/h4-18H,1-3H3,(H,32,37)/t18-/m0/s1. The number of fused-ring (bicyclic) bond motifs is 2. The number of carbonyl (C=O) groups is 1. The molecule has 0 radical (unpaired) electrons. The van der Waals surface area contributed by atoms with E-state index in [2.05, 4.69) is 20.5 Å². The van der Waals surface area contributed by atoms with Crippen LogP contribution in [0.3, 0.4) is 0 Å². The monoisotopic (exact) mass is 503 g/mol. The molecule has 0 fully saturated rings. The van der Waals surface area contributed by atoms with E-state index in [1.807, 2.05) is 74.8 Å². The van der Waals surface area contributed by atoms with Gasteiger partial charge in [-0.2, -0.15) is 10.2 Å². The summed E-state index contributed by atoms with van der Waals surface area (Å²) in [6.45, 7) is 3.65. The van der Waals surface area contributed by atoms with Gasteiger partial charge in [-0.05, 0) is 49.1 Å². The number of nitrogens with zero attached hydrogens (tertiary/aromatic N) is 6. The molecule has 4 aromatic heterocycles. The first kappa shape index (κ1) is 23.4. The molecule has 0 aliphatic heterocycles. The summed E-state index contributed by atoms with van der Waals surface area (Å²) >= 11 is 0. The molecular weight excluding hydrogens is 478 g/mol. The average molecular weight is 504 g/mol.